The van der Waals surface area contributed by atoms with Crippen LogP contribution in [0.3, 0.4) is 0 Å². The Balaban J connectivity index is 1.70. The molecular weight excluding hydrogens is 316 g/mol. The van der Waals surface area contributed by atoms with Crippen LogP contribution in [0.5, 0.6) is 0 Å². The summed E-state index contributed by atoms with van der Waals surface area (Å²) in [5.74, 6) is 0. The van der Waals surface area contributed by atoms with Crippen LogP contribution in [-0.4, -0.2) is 31.2 Å². The topological polar surface area (TPSA) is 45.4 Å². The van der Waals surface area contributed by atoms with Gasteiger partial charge in [-0.15, -0.1) is 0 Å². The molecule has 4 nitrogen and oxygen atoms in total. The Morgan fingerprint density at radius 1 is 1.05 bits per heavy atom. The predicted molar refractivity (Wildman–Crippen MR) is 87.2 cm³/mol. The normalized spacial score (nSPS) is 15.4. The molecule has 0 atom stereocenters. The first-order valence-electron chi connectivity index (χ1n) is 6.69. The van der Waals surface area contributed by atoms with Gasteiger partial charge in [0.1, 0.15) is 0 Å². The van der Waals surface area contributed by atoms with Gasteiger partial charge in [0.25, 0.3) is 0 Å². The summed E-state index contributed by atoms with van der Waals surface area (Å²) in [5.41, 5.74) is 9.10. The van der Waals surface area contributed by atoms with Crippen molar-refractivity contribution in [3.05, 3.63) is 47.2 Å². The Morgan fingerprint density at radius 2 is 1.80 bits per heavy atom. The van der Waals surface area contributed by atoms with Gasteiger partial charge >= 0.3 is 0 Å². The molecule has 1 fully saturated rings. The monoisotopic (exact) mass is 332 g/mol. The standard InChI is InChI=1S/C15H17BrN4/c16-14-11-18-5-4-15(14)20-8-6-19(7-9-20)13-3-1-2-12(17)10-13/h1-5,10-11H,6-9,17H2. The largest absolute Gasteiger partial charge is 0.399 e. The molecule has 1 aliphatic heterocycles. The molecule has 1 aliphatic rings. The van der Waals surface area contributed by atoms with Crippen LogP contribution in [0.4, 0.5) is 17.1 Å². The van der Waals surface area contributed by atoms with Gasteiger partial charge in [0.2, 0.25) is 0 Å². The molecule has 104 valence electrons. The van der Waals surface area contributed by atoms with E-state index in [4.69, 9.17) is 5.73 Å². The van der Waals surface area contributed by atoms with Crippen LogP contribution in [0.15, 0.2) is 47.2 Å². The molecule has 0 aliphatic carbocycles. The van der Waals surface area contributed by atoms with Crippen LogP contribution in [0.25, 0.3) is 0 Å². The molecule has 0 unspecified atom stereocenters. The number of aromatic nitrogens is 1. The minimum Gasteiger partial charge on any atom is -0.399 e. The number of nitrogens with zero attached hydrogens (tertiary/aromatic N) is 3. The van der Waals surface area contributed by atoms with Crippen molar-refractivity contribution in [2.45, 2.75) is 0 Å². The first-order valence-corrected chi connectivity index (χ1v) is 7.48. The fourth-order valence-corrected chi connectivity index (χ4v) is 3.05. The number of nitrogen functional groups attached to an aromatic ring is 1. The molecular formula is C15H17BrN4. The summed E-state index contributed by atoms with van der Waals surface area (Å²) in [6.45, 7) is 3.99. The zero-order valence-corrected chi connectivity index (χ0v) is 12.8. The third kappa shape index (κ3) is 2.72. The summed E-state index contributed by atoms with van der Waals surface area (Å²) in [4.78, 5) is 8.87. The van der Waals surface area contributed by atoms with Crippen molar-refractivity contribution < 1.29 is 0 Å². The second kappa shape index (κ2) is 5.71. The smallest absolute Gasteiger partial charge is 0.0592 e. The Labute approximate surface area is 127 Å². The zero-order chi connectivity index (χ0) is 13.9. The number of pyridine rings is 1. The average molecular weight is 333 g/mol. The van der Waals surface area contributed by atoms with Crippen molar-refractivity contribution in [2.75, 3.05) is 41.7 Å². The molecule has 2 N–H and O–H groups in total. The molecule has 2 aromatic rings. The number of hydrogen-bond donors (Lipinski definition) is 1. The van der Waals surface area contributed by atoms with Crippen LogP contribution in [0.2, 0.25) is 0 Å². The lowest BCUT2D eigenvalue weighted by Gasteiger charge is -2.37. The van der Waals surface area contributed by atoms with Gasteiger partial charge in [0.15, 0.2) is 0 Å². The zero-order valence-electron chi connectivity index (χ0n) is 11.2. The third-order valence-corrected chi connectivity index (χ3v) is 4.22. The predicted octanol–water partition coefficient (Wildman–Crippen LogP) is 2.75. The maximum absolute atomic E-state index is 5.85. The fraction of sp³-hybridized carbons (Fsp3) is 0.267. The molecule has 2 heterocycles. The van der Waals surface area contributed by atoms with E-state index in [0.29, 0.717) is 0 Å². The molecule has 0 amide bonds. The number of nitrogens with two attached hydrogens (primary N) is 1. The minimum atomic E-state index is 0.821. The van der Waals surface area contributed by atoms with Crippen molar-refractivity contribution in [1.29, 1.82) is 0 Å². The van der Waals surface area contributed by atoms with Gasteiger partial charge in [0.05, 0.1) is 10.2 Å². The molecule has 0 bridgehead atoms. The Morgan fingerprint density at radius 3 is 2.50 bits per heavy atom. The van der Waals surface area contributed by atoms with Crippen molar-refractivity contribution in [2.24, 2.45) is 0 Å². The number of rotatable bonds is 2. The van der Waals surface area contributed by atoms with E-state index in [1.807, 2.05) is 30.6 Å². The highest BCUT2D eigenvalue weighted by atomic mass is 79.9. The molecule has 0 spiro atoms. The summed E-state index contributed by atoms with van der Waals surface area (Å²) in [7, 11) is 0. The lowest BCUT2D eigenvalue weighted by atomic mass is 10.2. The number of piperazine rings is 1. The second-order valence-corrected chi connectivity index (χ2v) is 5.75. The van der Waals surface area contributed by atoms with Crippen LogP contribution in [0, 0.1) is 0 Å². The van der Waals surface area contributed by atoms with Crippen molar-refractivity contribution in [3.63, 3.8) is 0 Å². The second-order valence-electron chi connectivity index (χ2n) is 4.90. The SMILES string of the molecule is Nc1cccc(N2CCN(c3ccncc3Br)CC2)c1. The van der Waals surface area contributed by atoms with E-state index in [1.165, 1.54) is 11.4 Å². The molecule has 3 rings (SSSR count). The Bertz CT molecular complexity index is 594. The molecule has 5 heteroatoms. The Hall–Kier alpha value is -1.75. The first kappa shape index (κ1) is 13.2. The van der Waals surface area contributed by atoms with Crippen molar-refractivity contribution in [3.8, 4) is 0 Å². The molecule has 0 saturated carbocycles. The van der Waals surface area contributed by atoms with Crippen LogP contribution < -0.4 is 15.5 Å². The van der Waals surface area contributed by atoms with E-state index >= 15 is 0 Å². The van der Waals surface area contributed by atoms with Gasteiger partial charge in [-0.1, -0.05) is 6.07 Å². The van der Waals surface area contributed by atoms with E-state index in [2.05, 4.69) is 42.8 Å². The van der Waals surface area contributed by atoms with Crippen LogP contribution in [-0.2, 0) is 0 Å². The van der Waals surface area contributed by atoms with Crippen molar-refractivity contribution >= 4 is 33.0 Å². The van der Waals surface area contributed by atoms with Gasteiger partial charge in [-0.05, 0) is 40.2 Å². The van der Waals surface area contributed by atoms with Gasteiger partial charge in [0, 0.05) is 49.9 Å². The average Bonchev–Trinajstić information content (AvgIpc) is 2.48. The molecule has 1 aromatic heterocycles. The number of anilines is 3. The summed E-state index contributed by atoms with van der Waals surface area (Å²) in [6.07, 6.45) is 3.68. The van der Waals surface area contributed by atoms with Gasteiger partial charge < -0.3 is 15.5 Å². The number of hydrogen-bond acceptors (Lipinski definition) is 4. The number of halogens is 1. The summed E-state index contributed by atoms with van der Waals surface area (Å²) in [6, 6.07) is 10.1. The van der Waals surface area contributed by atoms with Crippen LogP contribution in [0.1, 0.15) is 0 Å². The highest BCUT2D eigenvalue weighted by Gasteiger charge is 2.18. The van der Waals surface area contributed by atoms with Gasteiger partial charge in [-0.25, -0.2) is 0 Å². The van der Waals surface area contributed by atoms with Gasteiger partial charge in [-0.2, -0.15) is 0 Å². The van der Waals surface area contributed by atoms with E-state index in [-0.39, 0.29) is 0 Å². The lowest BCUT2D eigenvalue weighted by Crippen LogP contribution is -2.46. The van der Waals surface area contributed by atoms with E-state index in [1.54, 1.807) is 0 Å². The van der Waals surface area contributed by atoms with Gasteiger partial charge in [-0.3, -0.25) is 4.98 Å². The van der Waals surface area contributed by atoms with Crippen molar-refractivity contribution in [1.82, 2.24) is 4.98 Å². The van der Waals surface area contributed by atoms with E-state index in [9.17, 15) is 0 Å². The fourth-order valence-electron chi connectivity index (χ4n) is 2.55. The lowest BCUT2D eigenvalue weighted by molar-refractivity contribution is 0.652. The van der Waals surface area contributed by atoms with E-state index < -0.39 is 0 Å². The third-order valence-electron chi connectivity index (χ3n) is 3.61. The maximum atomic E-state index is 5.85. The maximum Gasteiger partial charge on any atom is 0.0592 e. The molecule has 1 aromatic carbocycles. The first-order chi connectivity index (χ1) is 9.74. The van der Waals surface area contributed by atoms with Crippen LogP contribution >= 0.6 is 15.9 Å². The number of benzene rings is 1. The summed E-state index contributed by atoms with van der Waals surface area (Å²) in [5, 5.41) is 0. The highest BCUT2D eigenvalue weighted by Crippen LogP contribution is 2.27. The Kier molecular flexibility index (Phi) is 3.78. The summed E-state index contributed by atoms with van der Waals surface area (Å²) >= 11 is 3.57. The van der Waals surface area contributed by atoms with E-state index in [0.717, 1.165) is 36.3 Å². The highest BCUT2D eigenvalue weighted by molar-refractivity contribution is 9.10. The molecule has 0 radical (unpaired) electrons. The molecule has 20 heavy (non-hydrogen) atoms. The minimum absolute atomic E-state index is 0.821. The molecule has 1 saturated heterocycles. The summed E-state index contributed by atoms with van der Waals surface area (Å²) < 4.78 is 1.05. The quantitative estimate of drug-likeness (QED) is 0.859.